The van der Waals surface area contributed by atoms with Crippen LogP contribution in [0, 0.1) is 0 Å². The van der Waals surface area contributed by atoms with Crippen LogP contribution in [0.25, 0.3) is 5.57 Å². The van der Waals surface area contributed by atoms with Crippen molar-refractivity contribution in [2.75, 3.05) is 20.6 Å². The van der Waals surface area contributed by atoms with Crippen molar-refractivity contribution in [3.63, 3.8) is 0 Å². The quantitative estimate of drug-likeness (QED) is 0.716. The molecule has 114 valence electrons. The van der Waals surface area contributed by atoms with Crippen molar-refractivity contribution in [3.05, 3.63) is 64.7 Å². The molecule has 0 aliphatic carbocycles. The third-order valence-corrected chi connectivity index (χ3v) is 5.48. The Balaban J connectivity index is 2.14. The van der Waals surface area contributed by atoms with Crippen molar-refractivity contribution in [2.45, 2.75) is 16.2 Å². The topological polar surface area (TPSA) is 20.3 Å². The van der Waals surface area contributed by atoms with Gasteiger partial charge in [0, 0.05) is 11.6 Å². The number of fused-ring (bicyclic) bond motifs is 2. The Morgan fingerprint density at radius 2 is 1.82 bits per heavy atom. The second kappa shape index (κ2) is 6.37. The highest BCUT2D eigenvalue weighted by Gasteiger charge is 2.25. The van der Waals surface area contributed by atoms with E-state index in [0.717, 1.165) is 39.5 Å². The van der Waals surface area contributed by atoms with Crippen LogP contribution < -0.4 is 0 Å². The average molecular weight is 332 g/mol. The molecular weight excluding hydrogens is 314 g/mol. The van der Waals surface area contributed by atoms with E-state index in [2.05, 4.69) is 25.1 Å². The lowest BCUT2D eigenvalue weighted by molar-refractivity contribution is 0.417. The van der Waals surface area contributed by atoms with Gasteiger partial charge in [0.1, 0.15) is 0 Å². The smallest absolute Gasteiger partial charge is 0.0862 e. The highest BCUT2D eigenvalue weighted by Crippen LogP contribution is 2.40. The predicted molar refractivity (Wildman–Crippen MR) is 92.8 cm³/mol. The average Bonchev–Trinajstić information content (AvgIpc) is 2.50. The maximum Gasteiger partial charge on any atom is 0.0862 e. The fourth-order valence-electron chi connectivity index (χ4n) is 2.68. The lowest BCUT2D eigenvalue weighted by atomic mass is 9.96. The maximum atomic E-state index is 12.8. The Hall–Kier alpha value is -1.42. The second-order valence-corrected chi connectivity index (χ2v) is 7.47. The minimum atomic E-state index is -1.14. The van der Waals surface area contributed by atoms with Crippen molar-refractivity contribution >= 4 is 28.0 Å². The number of nitrogens with zero attached hydrogens (tertiary/aromatic N) is 1. The van der Waals surface area contributed by atoms with Gasteiger partial charge in [-0.05, 0) is 61.5 Å². The van der Waals surface area contributed by atoms with Crippen LogP contribution in [0.3, 0.4) is 0 Å². The van der Waals surface area contributed by atoms with Crippen LogP contribution in [0.1, 0.15) is 17.5 Å². The van der Waals surface area contributed by atoms with Crippen LogP contribution in [-0.4, -0.2) is 29.7 Å². The Morgan fingerprint density at radius 3 is 2.59 bits per heavy atom. The zero-order valence-corrected chi connectivity index (χ0v) is 14.2. The molecule has 3 rings (SSSR count). The summed E-state index contributed by atoms with van der Waals surface area (Å²) < 4.78 is 12.8. The minimum absolute atomic E-state index is 0.675. The zero-order valence-electron chi connectivity index (χ0n) is 12.7. The molecule has 0 saturated heterocycles. The summed E-state index contributed by atoms with van der Waals surface area (Å²) in [6.07, 6.45) is 3.17. The van der Waals surface area contributed by atoms with Gasteiger partial charge in [-0.25, -0.2) is 4.21 Å². The summed E-state index contributed by atoms with van der Waals surface area (Å²) in [5.74, 6) is 0. The SMILES string of the molecule is CN(C)CC/C=C1\c2ccccc2S(=O)c2ccc(Cl)cc21. The fourth-order valence-corrected chi connectivity index (χ4v) is 4.22. The summed E-state index contributed by atoms with van der Waals surface area (Å²) >= 11 is 6.17. The molecule has 4 heteroatoms. The highest BCUT2D eigenvalue weighted by molar-refractivity contribution is 7.85. The van der Waals surface area contributed by atoms with Crippen molar-refractivity contribution in [3.8, 4) is 0 Å². The second-order valence-electron chi connectivity index (χ2n) is 5.62. The third-order valence-electron chi connectivity index (χ3n) is 3.73. The van der Waals surface area contributed by atoms with Gasteiger partial charge in [0.15, 0.2) is 0 Å². The summed E-state index contributed by atoms with van der Waals surface area (Å²) in [6.45, 7) is 0.977. The Morgan fingerprint density at radius 1 is 1.09 bits per heavy atom. The molecule has 0 amide bonds. The molecule has 0 bridgehead atoms. The molecule has 1 heterocycles. The summed E-state index contributed by atoms with van der Waals surface area (Å²) in [6, 6.07) is 13.5. The van der Waals surface area contributed by atoms with Crippen LogP contribution in [-0.2, 0) is 10.8 Å². The fraction of sp³-hybridized carbons (Fsp3) is 0.222. The van der Waals surface area contributed by atoms with E-state index >= 15 is 0 Å². The van der Waals surface area contributed by atoms with Gasteiger partial charge in [0.25, 0.3) is 0 Å². The van der Waals surface area contributed by atoms with Gasteiger partial charge in [-0.2, -0.15) is 0 Å². The monoisotopic (exact) mass is 331 g/mol. The molecule has 1 unspecified atom stereocenters. The van der Waals surface area contributed by atoms with E-state index in [1.807, 2.05) is 42.5 Å². The maximum absolute atomic E-state index is 12.8. The number of rotatable bonds is 3. The number of hydrogen-bond acceptors (Lipinski definition) is 2. The molecule has 0 spiro atoms. The first kappa shape index (κ1) is 15.5. The molecule has 0 aromatic heterocycles. The van der Waals surface area contributed by atoms with Crippen molar-refractivity contribution in [1.82, 2.24) is 4.90 Å². The molecule has 22 heavy (non-hydrogen) atoms. The molecule has 2 aromatic carbocycles. The molecule has 0 radical (unpaired) electrons. The van der Waals surface area contributed by atoms with E-state index in [9.17, 15) is 4.21 Å². The number of hydrogen-bond donors (Lipinski definition) is 0. The van der Waals surface area contributed by atoms with Crippen molar-refractivity contribution in [1.29, 1.82) is 0 Å². The van der Waals surface area contributed by atoms with Crippen LogP contribution >= 0.6 is 11.6 Å². The molecule has 1 aliphatic rings. The molecule has 1 aliphatic heterocycles. The normalized spacial score (nSPS) is 18.4. The Kier molecular flexibility index (Phi) is 4.48. The molecule has 0 N–H and O–H groups in total. The van der Waals surface area contributed by atoms with Crippen LogP contribution in [0.5, 0.6) is 0 Å². The van der Waals surface area contributed by atoms with E-state index in [1.54, 1.807) is 0 Å². The molecular formula is C18H18ClNOS. The number of benzene rings is 2. The van der Waals surface area contributed by atoms with Gasteiger partial charge in [-0.15, -0.1) is 0 Å². The van der Waals surface area contributed by atoms with E-state index in [-0.39, 0.29) is 0 Å². The first-order chi connectivity index (χ1) is 10.6. The lowest BCUT2D eigenvalue weighted by Gasteiger charge is -2.22. The molecule has 0 saturated carbocycles. The zero-order chi connectivity index (χ0) is 15.7. The summed E-state index contributed by atoms with van der Waals surface area (Å²) in [4.78, 5) is 3.88. The summed E-state index contributed by atoms with van der Waals surface area (Å²) in [5.41, 5.74) is 3.17. The molecule has 1 atom stereocenters. The van der Waals surface area contributed by atoms with Gasteiger partial charge in [0.2, 0.25) is 0 Å². The Bertz CT molecular complexity index is 767. The van der Waals surface area contributed by atoms with Crippen LogP contribution in [0.2, 0.25) is 5.02 Å². The predicted octanol–water partition coefficient (Wildman–Crippen LogP) is 4.20. The van der Waals surface area contributed by atoms with Gasteiger partial charge in [-0.1, -0.05) is 35.9 Å². The molecule has 2 nitrogen and oxygen atoms in total. The minimum Gasteiger partial charge on any atom is -0.309 e. The lowest BCUT2D eigenvalue weighted by Crippen LogP contribution is -2.13. The van der Waals surface area contributed by atoms with Crippen LogP contribution in [0.15, 0.2) is 58.3 Å². The van der Waals surface area contributed by atoms with E-state index in [1.165, 1.54) is 0 Å². The largest absolute Gasteiger partial charge is 0.309 e. The van der Waals surface area contributed by atoms with E-state index < -0.39 is 10.8 Å². The van der Waals surface area contributed by atoms with Gasteiger partial charge in [-0.3, -0.25) is 0 Å². The van der Waals surface area contributed by atoms with Crippen LogP contribution in [0.4, 0.5) is 0 Å². The van der Waals surface area contributed by atoms with Crippen molar-refractivity contribution < 1.29 is 4.21 Å². The summed E-state index contributed by atoms with van der Waals surface area (Å²) in [5, 5.41) is 0.675. The highest BCUT2D eigenvalue weighted by atomic mass is 35.5. The van der Waals surface area contributed by atoms with Gasteiger partial charge >= 0.3 is 0 Å². The first-order valence-corrected chi connectivity index (χ1v) is 8.76. The first-order valence-electron chi connectivity index (χ1n) is 7.24. The molecule has 0 fully saturated rings. The standard InChI is InChI=1S/C18H18ClNOS/c1-20(2)11-5-7-14-15-6-3-4-8-17(15)22(21)18-10-9-13(19)12-16(14)18/h3-4,6-10,12H,5,11H2,1-2H3/b14-7+. The number of halogens is 1. The van der Waals surface area contributed by atoms with Gasteiger partial charge in [0.05, 0.1) is 20.6 Å². The Labute approximate surface area is 138 Å². The summed E-state index contributed by atoms with van der Waals surface area (Å²) in [7, 11) is 2.98. The van der Waals surface area contributed by atoms with Crippen molar-refractivity contribution in [2.24, 2.45) is 0 Å². The van der Waals surface area contributed by atoms with Gasteiger partial charge < -0.3 is 4.90 Å². The van der Waals surface area contributed by atoms with E-state index in [4.69, 9.17) is 11.6 Å². The third kappa shape index (κ3) is 2.89. The molecule has 2 aromatic rings. The van der Waals surface area contributed by atoms with E-state index in [0.29, 0.717) is 5.02 Å².